The quantitative estimate of drug-likeness (QED) is 0.654. The summed E-state index contributed by atoms with van der Waals surface area (Å²) in [5, 5.41) is 9.01. The van der Waals surface area contributed by atoms with Crippen LogP contribution in [0.5, 0.6) is 0 Å². The Morgan fingerprint density at radius 3 is 2.83 bits per heavy atom. The number of ether oxygens (including phenoxy) is 1. The SMILES string of the molecule is Cc1cc(C)n(-c2ccc(=O)n(CC3CN(c4ncnc5c4COCC5)C3)n2)n1. The molecule has 5 heterocycles. The molecule has 0 saturated carbocycles. The Balaban J connectivity index is 1.31. The Labute approximate surface area is 168 Å². The summed E-state index contributed by atoms with van der Waals surface area (Å²) in [7, 11) is 0. The van der Waals surface area contributed by atoms with Crippen LogP contribution in [0.15, 0.2) is 29.3 Å². The molecular formula is C20H23N7O2. The Bertz CT molecular complexity index is 1110. The van der Waals surface area contributed by atoms with E-state index in [9.17, 15) is 4.79 Å². The van der Waals surface area contributed by atoms with Crippen molar-refractivity contribution in [2.24, 2.45) is 5.92 Å². The molecular weight excluding hydrogens is 370 g/mol. The number of aromatic nitrogens is 6. The summed E-state index contributed by atoms with van der Waals surface area (Å²) in [4.78, 5) is 23.4. The van der Waals surface area contributed by atoms with Gasteiger partial charge in [-0.25, -0.2) is 19.3 Å². The molecule has 1 fully saturated rings. The second-order valence-electron chi connectivity index (χ2n) is 7.75. The van der Waals surface area contributed by atoms with E-state index in [-0.39, 0.29) is 5.56 Å². The highest BCUT2D eigenvalue weighted by Gasteiger charge is 2.31. The van der Waals surface area contributed by atoms with E-state index in [1.165, 1.54) is 0 Å². The lowest BCUT2D eigenvalue weighted by molar-refractivity contribution is 0.109. The van der Waals surface area contributed by atoms with Crippen molar-refractivity contribution in [1.29, 1.82) is 0 Å². The van der Waals surface area contributed by atoms with E-state index in [0.29, 0.717) is 31.5 Å². The summed E-state index contributed by atoms with van der Waals surface area (Å²) in [6.45, 7) is 7.45. The van der Waals surface area contributed by atoms with E-state index in [1.54, 1.807) is 27.8 Å². The molecule has 0 aliphatic carbocycles. The molecule has 2 aliphatic rings. The first-order valence-electron chi connectivity index (χ1n) is 9.86. The molecule has 0 atom stereocenters. The number of rotatable bonds is 4. The van der Waals surface area contributed by atoms with Crippen LogP contribution in [0.3, 0.4) is 0 Å². The van der Waals surface area contributed by atoms with Gasteiger partial charge < -0.3 is 9.64 Å². The van der Waals surface area contributed by atoms with Gasteiger partial charge in [-0.1, -0.05) is 0 Å². The van der Waals surface area contributed by atoms with Gasteiger partial charge in [0.1, 0.15) is 12.1 Å². The topological polar surface area (TPSA) is 91.0 Å². The molecule has 0 N–H and O–H groups in total. The molecule has 0 bridgehead atoms. The molecule has 5 rings (SSSR count). The Kier molecular flexibility index (Phi) is 4.39. The van der Waals surface area contributed by atoms with E-state index in [4.69, 9.17) is 4.74 Å². The standard InChI is InChI=1S/C20H23N7O2/c1-13-7-14(2)27(23-13)18-3-4-19(28)26(24-18)10-15-8-25(9-15)20-16-11-29-6-5-17(16)21-12-22-20/h3-4,7,12,15H,5-6,8-11H2,1-2H3. The summed E-state index contributed by atoms with van der Waals surface area (Å²) in [5.74, 6) is 1.96. The second kappa shape index (κ2) is 7.07. The van der Waals surface area contributed by atoms with Gasteiger partial charge in [-0.05, 0) is 26.0 Å². The first-order valence-corrected chi connectivity index (χ1v) is 9.86. The lowest BCUT2D eigenvalue weighted by atomic mass is 9.98. The molecule has 9 nitrogen and oxygen atoms in total. The van der Waals surface area contributed by atoms with Crippen LogP contribution in [-0.4, -0.2) is 49.2 Å². The third kappa shape index (κ3) is 3.31. The lowest BCUT2D eigenvalue weighted by Gasteiger charge is -2.41. The molecule has 0 unspecified atom stereocenters. The van der Waals surface area contributed by atoms with Crippen LogP contribution in [-0.2, 0) is 24.3 Å². The van der Waals surface area contributed by atoms with Gasteiger partial charge in [0.2, 0.25) is 0 Å². The molecule has 0 spiro atoms. The van der Waals surface area contributed by atoms with Crippen molar-refractivity contribution >= 4 is 5.82 Å². The van der Waals surface area contributed by atoms with Gasteiger partial charge in [-0.15, -0.1) is 5.10 Å². The predicted molar refractivity (Wildman–Crippen MR) is 106 cm³/mol. The highest BCUT2D eigenvalue weighted by Crippen LogP contribution is 2.30. The van der Waals surface area contributed by atoms with Crippen LogP contribution in [0.25, 0.3) is 5.82 Å². The largest absolute Gasteiger partial charge is 0.376 e. The minimum absolute atomic E-state index is 0.0958. The van der Waals surface area contributed by atoms with Gasteiger partial charge in [-0.2, -0.15) is 5.10 Å². The van der Waals surface area contributed by atoms with E-state index in [2.05, 4.69) is 25.1 Å². The fraction of sp³-hybridized carbons (Fsp3) is 0.450. The summed E-state index contributed by atoms with van der Waals surface area (Å²) >= 11 is 0. The molecule has 2 aliphatic heterocycles. The number of hydrogen-bond acceptors (Lipinski definition) is 7. The van der Waals surface area contributed by atoms with Gasteiger partial charge in [0, 0.05) is 42.8 Å². The number of fused-ring (bicyclic) bond motifs is 1. The van der Waals surface area contributed by atoms with E-state index in [0.717, 1.165) is 48.0 Å². The maximum Gasteiger partial charge on any atom is 0.266 e. The maximum atomic E-state index is 12.3. The highest BCUT2D eigenvalue weighted by molar-refractivity contribution is 5.51. The molecule has 1 saturated heterocycles. The van der Waals surface area contributed by atoms with E-state index in [1.807, 2.05) is 19.9 Å². The van der Waals surface area contributed by atoms with Crippen LogP contribution in [0.4, 0.5) is 5.82 Å². The molecule has 0 amide bonds. The van der Waals surface area contributed by atoms with Crippen LogP contribution in [0.2, 0.25) is 0 Å². The summed E-state index contributed by atoms with van der Waals surface area (Å²) in [5.41, 5.74) is 4.00. The predicted octanol–water partition coefficient (Wildman–Crippen LogP) is 1.04. The van der Waals surface area contributed by atoms with Gasteiger partial charge in [0.25, 0.3) is 5.56 Å². The molecule has 0 radical (unpaired) electrons. The summed E-state index contributed by atoms with van der Waals surface area (Å²) in [6, 6.07) is 5.28. The third-order valence-corrected chi connectivity index (χ3v) is 5.51. The second-order valence-corrected chi connectivity index (χ2v) is 7.75. The van der Waals surface area contributed by atoms with Crippen molar-refractivity contribution in [3.8, 4) is 5.82 Å². The third-order valence-electron chi connectivity index (χ3n) is 5.51. The van der Waals surface area contributed by atoms with Gasteiger partial charge >= 0.3 is 0 Å². The van der Waals surface area contributed by atoms with Gasteiger partial charge in [-0.3, -0.25) is 4.79 Å². The maximum absolute atomic E-state index is 12.3. The lowest BCUT2D eigenvalue weighted by Crippen LogP contribution is -2.50. The van der Waals surface area contributed by atoms with Crippen LogP contribution < -0.4 is 10.5 Å². The average Bonchev–Trinajstić information content (AvgIpc) is 3.03. The summed E-state index contributed by atoms with van der Waals surface area (Å²) in [6.07, 6.45) is 2.47. The molecule has 29 heavy (non-hydrogen) atoms. The van der Waals surface area contributed by atoms with Crippen LogP contribution >= 0.6 is 0 Å². The van der Waals surface area contributed by atoms with Crippen molar-refractivity contribution in [3.63, 3.8) is 0 Å². The minimum atomic E-state index is -0.0958. The number of anilines is 1. The Morgan fingerprint density at radius 2 is 2.03 bits per heavy atom. The van der Waals surface area contributed by atoms with E-state index < -0.39 is 0 Å². The van der Waals surface area contributed by atoms with Crippen molar-refractivity contribution in [2.75, 3.05) is 24.6 Å². The van der Waals surface area contributed by atoms with Gasteiger partial charge in [0.05, 0.1) is 31.1 Å². The molecule has 3 aromatic heterocycles. The fourth-order valence-electron chi connectivity index (χ4n) is 4.06. The minimum Gasteiger partial charge on any atom is -0.376 e. The van der Waals surface area contributed by atoms with Crippen molar-refractivity contribution < 1.29 is 4.74 Å². The number of hydrogen-bond donors (Lipinski definition) is 0. The van der Waals surface area contributed by atoms with Crippen molar-refractivity contribution in [1.82, 2.24) is 29.5 Å². The zero-order valence-corrected chi connectivity index (χ0v) is 16.6. The van der Waals surface area contributed by atoms with Crippen LogP contribution in [0.1, 0.15) is 22.6 Å². The first-order chi connectivity index (χ1) is 14.1. The zero-order valence-electron chi connectivity index (χ0n) is 16.6. The van der Waals surface area contributed by atoms with E-state index >= 15 is 0 Å². The number of nitrogens with zero attached hydrogens (tertiary/aromatic N) is 7. The monoisotopic (exact) mass is 393 g/mol. The Hall–Kier alpha value is -3.07. The average molecular weight is 393 g/mol. The smallest absolute Gasteiger partial charge is 0.266 e. The van der Waals surface area contributed by atoms with Crippen LogP contribution in [0, 0.1) is 19.8 Å². The van der Waals surface area contributed by atoms with Crippen molar-refractivity contribution in [2.45, 2.75) is 33.4 Å². The highest BCUT2D eigenvalue weighted by atomic mass is 16.5. The number of aryl methyl sites for hydroxylation is 2. The fourth-order valence-corrected chi connectivity index (χ4v) is 4.06. The first kappa shape index (κ1) is 18.0. The molecule has 9 heteroatoms. The zero-order chi connectivity index (χ0) is 20.0. The Morgan fingerprint density at radius 1 is 1.17 bits per heavy atom. The van der Waals surface area contributed by atoms with Crippen molar-refractivity contribution in [3.05, 3.63) is 57.5 Å². The molecule has 150 valence electrons. The normalized spacial score (nSPS) is 16.6. The summed E-state index contributed by atoms with van der Waals surface area (Å²) < 4.78 is 8.91. The molecule has 3 aromatic rings. The molecule has 0 aromatic carbocycles. The van der Waals surface area contributed by atoms with Gasteiger partial charge in [0.15, 0.2) is 5.82 Å².